The molecule has 11 heavy (non-hydrogen) atoms. The summed E-state index contributed by atoms with van der Waals surface area (Å²) in [4.78, 5) is 2.59. The molecule has 4 unspecified atom stereocenters. The van der Waals surface area contributed by atoms with Crippen molar-refractivity contribution >= 4 is 0 Å². The molecule has 2 bridgehead atoms. The van der Waals surface area contributed by atoms with Gasteiger partial charge in [-0.15, -0.1) is 0 Å². The van der Waals surface area contributed by atoms with E-state index in [9.17, 15) is 0 Å². The van der Waals surface area contributed by atoms with Gasteiger partial charge in [0.2, 0.25) is 0 Å². The Morgan fingerprint density at radius 1 is 1.27 bits per heavy atom. The summed E-state index contributed by atoms with van der Waals surface area (Å²) in [6.07, 6.45) is 3.94. The van der Waals surface area contributed by atoms with Crippen molar-refractivity contribution in [3.05, 3.63) is 0 Å². The van der Waals surface area contributed by atoms with Gasteiger partial charge >= 0.3 is 0 Å². The first-order valence-corrected chi connectivity index (χ1v) is 4.78. The van der Waals surface area contributed by atoms with Crippen LogP contribution in [0.2, 0.25) is 0 Å². The average Bonchev–Trinajstić information content (AvgIpc) is 1.98. The Bertz CT molecular complexity index is 146. The zero-order chi connectivity index (χ0) is 7.84. The number of nitrogens with two attached hydrogens (primary N) is 1. The van der Waals surface area contributed by atoms with Crippen molar-refractivity contribution in [3.8, 4) is 0 Å². The van der Waals surface area contributed by atoms with Gasteiger partial charge in [-0.05, 0) is 45.2 Å². The molecule has 64 valence electrons. The van der Waals surface area contributed by atoms with Gasteiger partial charge in [-0.3, -0.25) is 0 Å². The number of fused-ring (bicyclic) bond motifs is 2. The SMILES string of the molecule is CC1C2CCCN1CCC2N. The third kappa shape index (κ3) is 1.18. The zero-order valence-electron chi connectivity index (χ0n) is 7.29. The van der Waals surface area contributed by atoms with Crippen molar-refractivity contribution in [2.75, 3.05) is 13.1 Å². The van der Waals surface area contributed by atoms with E-state index in [2.05, 4.69) is 11.8 Å². The van der Waals surface area contributed by atoms with Crippen LogP contribution in [0.15, 0.2) is 0 Å². The van der Waals surface area contributed by atoms with Crippen LogP contribution >= 0.6 is 0 Å². The lowest BCUT2D eigenvalue weighted by Gasteiger charge is -2.46. The number of hydrogen-bond donors (Lipinski definition) is 1. The van der Waals surface area contributed by atoms with Crippen LogP contribution in [-0.2, 0) is 0 Å². The molecule has 4 atom stereocenters. The van der Waals surface area contributed by atoms with Crippen molar-refractivity contribution in [3.63, 3.8) is 0 Å². The molecule has 2 fully saturated rings. The van der Waals surface area contributed by atoms with Crippen LogP contribution < -0.4 is 5.73 Å². The summed E-state index contributed by atoms with van der Waals surface area (Å²) in [7, 11) is 0. The molecule has 2 nitrogen and oxygen atoms in total. The first-order chi connectivity index (χ1) is 5.29. The van der Waals surface area contributed by atoms with Crippen molar-refractivity contribution in [1.82, 2.24) is 4.90 Å². The third-order valence-electron chi connectivity index (χ3n) is 3.48. The minimum atomic E-state index is 0.488. The van der Waals surface area contributed by atoms with Crippen LogP contribution in [0.3, 0.4) is 0 Å². The normalized spacial score (nSPS) is 50.7. The van der Waals surface area contributed by atoms with E-state index in [0.29, 0.717) is 6.04 Å². The highest BCUT2D eigenvalue weighted by Crippen LogP contribution is 2.30. The summed E-state index contributed by atoms with van der Waals surface area (Å²) in [6.45, 7) is 4.88. The average molecular weight is 154 g/mol. The molecular formula is C9H18N2. The maximum Gasteiger partial charge on any atom is 0.0110 e. The summed E-state index contributed by atoms with van der Waals surface area (Å²) in [5, 5.41) is 0. The molecule has 0 aromatic heterocycles. The third-order valence-corrected chi connectivity index (χ3v) is 3.48. The van der Waals surface area contributed by atoms with Gasteiger partial charge in [-0.2, -0.15) is 0 Å². The van der Waals surface area contributed by atoms with Gasteiger partial charge in [-0.25, -0.2) is 0 Å². The van der Waals surface area contributed by atoms with E-state index in [-0.39, 0.29) is 0 Å². The molecule has 2 saturated heterocycles. The Morgan fingerprint density at radius 3 is 2.82 bits per heavy atom. The van der Waals surface area contributed by atoms with E-state index in [4.69, 9.17) is 5.73 Å². The topological polar surface area (TPSA) is 29.3 Å². The van der Waals surface area contributed by atoms with Gasteiger partial charge in [0.05, 0.1) is 0 Å². The second-order valence-corrected chi connectivity index (χ2v) is 4.04. The Kier molecular flexibility index (Phi) is 1.90. The standard InChI is InChI=1S/C9H18N2/c1-7-8-3-2-5-11(7)6-4-9(8)10/h7-9H,2-6,10H2,1H3. The van der Waals surface area contributed by atoms with Gasteiger partial charge in [0.1, 0.15) is 0 Å². The Labute approximate surface area is 68.7 Å². The quantitative estimate of drug-likeness (QED) is 0.559. The fraction of sp³-hybridized carbons (Fsp3) is 1.00. The number of piperidine rings is 2. The van der Waals surface area contributed by atoms with E-state index in [1.807, 2.05) is 0 Å². The van der Waals surface area contributed by atoms with E-state index < -0.39 is 0 Å². The highest BCUT2D eigenvalue weighted by atomic mass is 15.2. The highest BCUT2D eigenvalue weighted by Gasteiger charge is 2.35. The summed E-state index contributed by atoms with van der Waals surface area (Å²) >= 11 is 0. The molecule has 0 amide bonds. The van der Waals surface area contributed by atoms with E-state index in [0.717, 1.165) is 12.0 Å². The Hall–Kier alpha value is -0.0800. The highest BCUT2D eigenvalue weighted by molar-refractivity contribution is 4.92. The molecule has 2 rings (SSSR count). The molecule has 0 saturated carbocycles. The molecule has 2 N–H and O–H groups in total. The lowest BCUT2D eigenvalue weighted by molar-refractivity contribution is 0.0465. The van der Waals surface area contributed by atoms with Gasteiger partial charge in [0.15, 0.2) is 0 Å². The number of nitrogens with zero attached hydrogens (tertiary/aromatic N) is 1. The molecule has 2 aliphatic rings. The van der Waals surface area contributed by atoms with Gasteiger partial charge in [0, 0.05) is 12.1 Å². The lowest BCUT2D eigenvalue weighted by Crippen LogP contribution is -2.55. The second kappa shape index (κ2) is 2.76. The van der Waals surface area contributed by atoms with Crippen molar-refractivity contribution in [2.45, 2.75) is 38.3 Å². The summed E-state index contributed by atoms with van der Waals surface area (Å²) < 4.78 is 0. The fourth-order valence-electron chi connectivity index (χ4n) is 2.66. The van der Waals surface area contributed by atoms with Gasteiger partial charge in [0.25, 0.3) is 0 Å². The van der Waals surface area contributed by atoms with Crippen LogP contribution in [-0.4, -0.2) is 30.1 Å². The van der Waals surface area contributed by atoms with E-state index >= 15 is 0 Å². The summed E-state index contributed by atoms with van der Waals surface area (Å²) in [5.41, 5.74) is 6.05. The van der Waals surface area contributed by atoms with Gasteiger partial charge < -0.3 is 10.6 Å². The van der Waals surface area contributed by atoms with Gasteiger partial charge in [-0.1, -0.05) is 0 Å². The summed E-state index contributed by atoms with van der Waals surface area (Å²) in [6, 6.07) is 1.24. The largest absolute Gasteiger partial charge is 0.327 e. The number of rotatable bonds is 0. The maximum atomic E-state index is 6.05. The zero-order valence-corrected chi connectivity index (χ0v) is 7.29. The van der Waals surface area contributed by atoms with Crippen molar-refractivity contribution in [2.24, 2.45) is 11.7 Å². The van der Waals surface area contributed by atoms with Crippen LogP contribution in [0.25, 0.3) is 0 Å². The molecule has 2 aliphatic heterocycles. The molecule has 0 aliphatic carbocycles. The maximum absolute atomic E-state index is 6.05. The molecule has 2 heterocycles. The fourth-order valence-corrected chi connectivity index (χ4v) is 2.66. The predicted octanol–water partition coefficient (Wildman–Crippen LogP) is 0.818. The van der Waals surface area contributed by atoms with Crippen LogP contribution in [0.1, 0.15) is 26.2 Å². The number of hydrogen-bond acceptors (Lipinski definition) is 2. The molecule has 0 aromatic rings. The molecule has 0 aromatic carbocycles. The Morgan fingerprint density at radius 2 is 2.09 bits per heavy atom. The minimum Gasteiger partial charge on any atom is -0.327 e. The van der Waals surface area contributed by atoms with Crippen LogP contribution in [0.5, 0.6) is 0 Å². The summed E-state index contributed by atoms with van der Waals surface area (Å²) in [5.74, 6) is 0.789. The van der Waals surface area contributed by atoms with Crippen molar-refractivity contribution < 1.29 is 0 Å². The minimum absolute atomic E-state index is 0.488. The molecule has 2 heteroatoms. The van der Waals surface area contributed by atoms with Crippen LogP contribution in [0.4, 0.5) is 0 Å². The van der Waals surface area contributed by atoms with Crippen LogP contribution in [0, 0.1) is 5.92 Å². The molecule has 0 radical (unpaired) electrons. The predicted molar refractivity (Wildman–Crippen MR) is 46.4 cm³/mol. The lowest BCUT2D eigenvalue weighted by atomic mass is 9.80. The van der Waals surface area contributed by atoms with E-state index in [1.165, 1.54) is 32.4 Å². The second-order valence-electron chi connectivity index (χ2n) is 4.04. The molecule has 0 spiro atoms. The van der Waals surface area contributed by atoms with E-state index in [1.54, 1.807) is 0 Å². The van der Waals surface area contributed by atoms with Crippen molar-refractivity contribution in [1.29, 1.82) is 0 Å². The molecular weight excluding hydrogens is 136 g/mol. The Balaban J connectivity index is 2.09. The first-order valence-electron chi connectivity index (χ1n) is 4.78. The smallest absolute Gasteiger partial charge is 0.0110 e. The monoisotopic (exact) mass is 154 g/mol. The first kappa shape index (κ1) is 7.56.